The Morgan fingerprint density at radius 3 is 2.36 bits per heavy atom. The molecule has 3 nitrogen and oxygen atoms in total. The Morgan fingerprint density at radius 1 is 1.36 bits per heavy atom. The summed E-state index contributed by atoms with van der Waals surface area (Å²) in [5.41, 5.74) is 3.32. The molecule has 1 fully saturated rings. The van der Waals surface area contributed by atoms with Crippen molar-refractivity contribution in [3.05, 3.63) is 0 Å². The van der Waals surface area contributed by atoms with Gasteiger partial charge in [-0.3, -0.25) is 11.3 Å². The Bertz CT molecular complexity index is 159. The van der Waals surface area contributed by atoms with Crippen LogP contribution in [0, 0.1) is 11.3 Å². The van der Waals surface area contributed by atoms with E-state index in [1.54, 1.807) is 0 Å². The van der Waals surface area contributed by atoms with E-state index in [0.29, 0.717) is 17.4 Å². The van der Waals surface area contributed by atoms with Crippen molar-refractivity contribution in [1.82, 2.24) is 5.43 Å². The summed E-state index contributed by atoms with van der Waals surface area (Å²) in [6.45, 7) is 8.57. The first-order valence-electron chi connectivity index (χ1n) is 5.57. The average molecular weight is 200 g/mol. The lowest BCUT2D eigenvalue weighted by atomic mass is 9.80. The van der Waals surface area contributed by atoms with Crippen LogP contribution in [0.15, 0.2) is 0 Å². The van der Waals surface area contributed by atoms with Crippen LogP contribution >= 0.6 is 0 Å². The van der Waals surface area contributed by atoms with Crippen LogP contribution in [0.2, 0.25) is 0 Å². The molecule has 1 aliphatic heterocycles. The van der Waals surface area contributed by atoms with Gasteiger partial charge in [0.25, 0.3) is 0 Å². The van der Waals surface area contributed by atoms with E-state index in [1.165, 1.54) is 0 Å². The molecule has 0 aromatic rings. The molecule has 1 aliphatic rings. The molecule has 0 aliphatic carbocycles. The first kappa shape index (κ1) is 12.0. The van der Waals surface area contributed by atoms with Gasteiger partial charge in [-0.2, -0.15) is 0 Å². The van der Waals surface area contributed by atoms with E-state index in [9.17, 15) is 0 Å². The van der Waals surface area contributed by atoms with Gasteiger partial charge in [-0.15, -0.1) is 0 Å². The van der Waals surface area contributed by atoms with Crippen molar-refractivity contribution >= 4 is 0 Å². The Kier molecular flexibility index (Phi) is 4.35. The second-order valence-corrected chi connectivity index (χ2v) is 5.49. The highest BCUT2D eigenvalue weighted by Crippen LogP contribution is 2.28. The maximum absolute atomic E-state index is 5.62. The first-order valence-corrected chi connectivity index (χ1v) is 5.57. The van der Waals surface area contributed by atoms with Crippen LogP contribution in [0.3, 0.4) is 0 Å². The summed E-state index contributed by atoms with van der Waals surface area (Å²) in [6.07, 6.45) is 3.42. The Balaban J connectivity index is 2.43. The van der Waals surface area contributed by atoms with E-state index in [4.69, 9.17) is 10.6 Å². The molecule has 0 amide bonds. The molecule has 14 heavy (non-hydrogen) atoms. The van der Waals surface area contributed by atoms with Crippen LogP contribution in [0.5, 0.6) is 0 Å². The van der Waals surface area contributed by atoms with Crippen LogP contribution in [-0.2, 0) is 4.74 Å². The fraction of sp³-hybridized carbons (Fsp3) is 1.00. The van der Waals surface area contributed by atoms with Gasteiger partial charge in [0.05, 0.1) is 0 Å². The smallest absolute Gasteiger partial charge is 0.0469 e. The van der Waals surface area contributed by atoms with Gasteiger partial charge in [0.15, 0.2) is 0 Å². The standard InChI is InChI=1S/C11H24N2O/c1-11(2,3)8-10(13-12)9-4-6-14-7-5-9/h9-10,13H,4-8,12H2,1-3H3. The topological polar surface area (TPSA) is 47.3 Å². The summed E-state index contributed by atoms with van der Waals surface area (Å²) in [5, 5.41) is 0. The molecule has 0 spiro atoms. The van der Waals surface area contributed by atoms with Gasteiger partial charge < -0.3 is 4.74 Å². The van der Waals surface area contributed by atoms with E-state index < -0.39 is 0 Å². The van der Waals surface area contributed by atoms with Crippen LogP contribution < -0.4 is 11.3 Å². The van der Waals surface area contributed by atoms with Gasteiger partial charge in [-0.25, -0.2) is 0 Å². The predicted molar refractivity (Wildman–Crippen MR) is 58.7 cm³/mol. The Hall–Kier alpha value is -0.120. The molecule has 1 rings (SSSR count). The molecule has 0 aromatic heterocycles. The van der Waals surface area contributed by atoms with Crippen molar-refractivity contribution in [2.24, 2.45) is 17.2 Å². The SMILES string of the molecule is CC(C)(C)CC(NN)C1CCOCC1. The molecule has 1 saturated heterocycles. The van der Waals surface area contributed by atoms with Gasteiger partial charge in [0, 0.05) is 19.3 Å². The summed E-state index contributed by atoms with van der Waals surface area (Å²) in [5.74, 6) is 6.31. The maximum atomic E-state index is 5.62. The van der Waals surface area contributed by atoms with Crippen molar-refractivity contribution in [1.29, 1.82) is 0 Å². The highest BCUT2D eigenvalue weighted by Gasteiger charge is 2.26. The highest BCUT2D eigenvalue weighted by molar-refractivity contribution is 4.81. The second-order valence-electron chi connectivity index (χ2n) is 5.49. The molecule has 84 valence electrons. The Morgan fingerprint density at radius 2 is 1.93 bits per heavy atom. The van der Waals surface area contributed by atoms with Crippen LogP contribution in [0.4, 0.5) is 0 Å². The fourth-order valence-corrected chi connectivity index (χ4v) is 2.14. The van der Waals surface area contributed by atoms with Crippen molar-refractivity contribution in [3.63, 3.8) is 0 Å². The number of nitrogens with one attached hydrogen (secondary N) is 1. The molecule has 0 aromatic carbocycles. The highest BCUT2D eigenvalue weighted by atomic mass is 16.5. The van der Waals surface area contributed by atoms with Crippen molar-refractivity contribution in [2.45, 2.75) is 46.1 Å². The fourth-order valence-electron chi connectivity index (χ4n) is 2.14. The second kappa shape index (κ2) is 5.10. The van der Waals surface area contributed by atoms with Crippen molar-refractivity contribution < 1.29 is 4.74 Å². The van der Waals surface area contributed by atoms with E-state index >= 15 is 0 Å². The minimum atomic E-state index is 0.343. The summed E-state index contributed by atoms with van der Waals surface area (Å²) in [7, 11) is 0. The molecule has 0 bridgehead atoms. The number of hydrazine groups is 1. The average Bonchev–Trinajstić information content (AvgIpc) is 2.14. The normalized spacial score (nSPS) is 22.3. The van der Waals surface area contributed by atoms with Crippen LogP contribution in [0.1, 0.15) is 40.0 Å². The zero-order valence-electron chi connectivity index (χ0n) is 9.68. The molecular formula is C11H24N2O. The molecular weight excluding hydrogens is 176 g/mol. The van der Waals surface area contributed by atoms with Gasteiger partial charge in [0.2, 0.25) is 0 Å². The minimum absolute atomic E-state index is 0.343. The largest absolute Gasteiger partial charge is 0.381 e. The summed E-state index contributed by atoms with van der Waals surface area (Å²) in [6, 6.07) is 0.443. The molecule has 0 radical (unpaired) electrons. The number of ether oxygens (including phenoxy) is 1. The zero-order valence-corrected chi connectivity index (χ0v) is 9.68. The van der Waals surface area contributed by atoms with Crippen molar-refractivity contribution in [3.8, 4) is 0 Å². The molecule has 3 heteroatoms. The summed E-state index contributed by atoms with van der Waals surface area (Å²) >= 11 is 0. The molecule has 1 atom stereocenters. The van der Waals surface area contributed by atoms with Gasteiger partial charge in [0.1, 0.15) is 0 Å². The third-order valence-corrected chi connectivity index (χ3v) is 2.88. The predicted octanol–water partition coefficient (Wildman–Crippen LogP) is 1.68. The minimum Gasteiger partial charge on any atom is -0.381 e. The van der Waals surface area contributed by atoms with Crippen LogP contribution in [0.25, 0.3) is 0 Å². The van der Waals surface area contributed by atoms with Gasteiger partial charge >= 0.3 is 0 Å². The lowest BCUT2D eigenvalue weighted by Crippen LogP contribution is -2.45. The number of hydrogen-bond acceptors (Lipinski definition) is 3. The van der Waals surface area contributed by atoms with E-state index in [2.05, 4.69) is 26.2 Å². The van der Waals surface area contributed by atoms with E-state index in [-0.39, 0.29) is 0 Å². The molecule has 0 saturated carbocycles. The number of nitrogens with two attached hydrogens (primary N) is 1. The van der Waals surface area contributed by atoms with Gasteiger partial charge in [-0.1, -0.05) is 20.8 Å². The van der Waals surface area contributed by atoms with Crippen LogP contribution in [-0.4, -0.2) is 19.3 Å². The molecule has 1 heterocycles. The zero-order chi connectivity index (χ0) is 10.6. The number of rotatable bonds is 3. The monoisotopic (exact) mass is 200 g/mol. The third-order valence-electron chi connectivity index (χ3n) is 2.88. The number of hydrogen-bond donors (Lipinski definition) is 2. The first-order chi connectivity index (χ1) is 6.53. The maximum Gasteiger partial charge on any atom is 0.0469 e. The molecule has 3 N–H and O–H groups in total. The lowest BCUT2D eigenvalue weighted by molar-refractivity contribution is 0.0475. The lowest BCUT2D eigenvalue weighted by Gasteiger charge is -2.33. The summed E-state index contributed by atoms with van der Waals surface area (Å²) < 4.78 is 5.36. The van der Waals surface area contributed by atoms with E-state index in [0.717, 1.165) is 32.5 Å². The van der Waals surface area contributed by atoms with Crippen molar-refractivity contribution in [2.75, 3.05) is 13.2 Å². The van der Waals surface area contributed by atoms with Gasteiger partial charge in [-0.05, 0) is 30.6 Å². The molecule has 1 unspecified atom stereocenters. The third kappa shape index (κ3) is 3.95. The quantitative estimate of drug-likeness (QED) is 0.538. The summed E-state index contributed by atoms with van der Waals surface area (Å²) in [4.78, 5) is 0. The Labute approximate surface area is 87.4 Å². The van der Waals surface area contributed by atoms with E-state index in [1.807, 2.05) is 0 Å².